The summed E-state index contributed by atoms with van der Waals surface area (Å²) in [5.41, 5.74) is 6.42. The van der Waals surface area contributed by atoms with Crippen LogP contribution in [0.15, 0.2) is 23.1 Å². The molecule has 0 bridgehead atoms. The molecule has 1 heterocycles. The quantitative estimate of drug-likeness (QED) is 0.603. The maximum absolute atomic E-state index is 10.7. The van der Waals surface area contributed by atoms with E-state index >= 15 is 0 Å². The summed E-state index contributed by atoms with van der Waals surface area (Å²) in [6.07, 6.45) is 1.71. The number of aromatic nitrogens is 1. The highest BCUT2D eigenvalue weighted by atomic mass is 16.1. The lowest BCUT2D eigenvalue weighted by Crippen LogP contribution is -2.32. The third-order valence-electron chi connectivity index (χ3n) is 1.86. The van der Waals surface area contributed by atoms with Gasteiger partial charge in [0.05, 0.1) is 0 Å². The number of aromatic amines is 1. The molecular weight excluding hydrogens is 166 g/mol. The number of pyridine rings is 1. The zero-order valence-electron chi connectivity index (χ0n) is 7.71. The number of nitrogens with one attached hydrogen (secondary N) is 2. The van der Waals surface area contributed by atoms with E-state index in [-0.39, 0.29) is 5.56 Å². The van der Waals surface area contributed by atoms with Gasteiger partial charge in [-0.3, -0.25) is 4.79 Å². The van der Waals surface area contributed by atoms with Gasteiger partial charge in [-0.1, -0.05) is 6.07 Å². The SMILES string of the molecule is C[C@H](CN)NCc1ccc(=O)[nH]c1. The maximum Gasteiger partial charge on any atom is 0.247 e. The molecule has 0 aliphatic heterocycles. The summed E-state index contributed by atoms with van der Waals surface area (Å²) >= 11 is 0. The second kappa shape index (κ2) is 4.79. The van der Waals surface area contributed by atoms with E-state index in [4.69, 9.17) is 5.73 Å². The second-order valence-corrected chi connectivity index (χ2v) is 3.08. The van der Waals surface area contributed by atoms with Gasteiger partial charge in [-0.25, -0.2) is 0 Å². The van der Waals surface area contributed by atoms with Crippen molar-refractivity contribution in [3.8, 4) is 0 Å². The van der Waals surface area contributed by atoms with Gasteiger partial charge in [0.15, 0.2) is 0 Å². The first-order valence-corrected chi connectivity index (χ1v) is 4.33. The molecule has 4 N–H and O–H groups in total. The fourth-order valence-corrected chi connectivity index (χ4v) is 0.928. The topological polar surface area (TPSA) is 70.9 Å². The van der Waals surface area contributed by atoms with Gasteiger partial charge in [0.2, 0.25) is 5.56 Å². The van der Waals surface area contributed by atoms with Gasteiger partial charge < -0.3 is 16.0 Å². The van der Waals surface area contributed by atoms with Gasteiger partial charge in [-0.15, -0.1) is 0 Å². The van der Waals surface area contributed by atoms with Crippen molar-refractivity contribution in [2.24, 2.45) is 5.73 Å². The third-order valence-corrected chi connectivity index (χ3v) is 1.86. The Balaban J connectivity index is 2.46. The van der Waals surface area contributed by atoms with Crippen LogP contribution in [0.3, 0.4) is 0 Å². The Labute approximate surface area is 77.2 Å². The molecule has 0 saturated carbocycles. The number of hydrogen-bond donors (Lipinski definition) is 3. The highest BCUT2D eigenvalue weighted by Gasteiger charge is 1.97. The second-order valence-electron chi connectivity index (χ2n) is 3.08. The fraction of sp³-hybridized carbons (Fsp3) is 0.444. The highest BCUT2D eigenvalue weighted by Crippen LogP contribution is 1.92. The van der Waals surface area contributed by atoms with Gasteiger partial charge in [0, 0.05) is 31.4 Å². The van der Waals surface area contributed by atoms with Crippen molar-refractivity contribution in [3.63, 3.8) is 0 Å². The first kappa shape index (κ1) is 9.95. The van der Waals surface area contributed by atoms with E-state index in [1.165, 1.54) is 6.07 Å². The van der Waals surface area contributed by atoms with Crippen LogP contribution in [-0.4, -0.2) is 17.6 Å². The van der Waals surface area contributed by atoms with Crippen LogP contribution in [0.2, 0.25) is 0 Å². The largest absolute Gasteiger partial charge is 0.329 e. The molecular formula is C9H15N3O. The first-order chi connectivity index (χ1) is 6.22. The highest BCUT2D eigenvalue weighted by molar-refractivity contribution is 5.08. The molecule has 0 unspecified atom stereocenters. The summed E-state index contributed by atoms with van der Waals surface area (Å²) in [7, 11) is 0. The van der Waals surface area contributed by atoms with Crippen LogP contribution >= 0.6 is 0 Å². The van der Waals surface area contributed by atoms with Crippen LogP contribution in [0.1, 0.15) is 12.5 Å². The van der Waals surface area contributed by atoms with Crippen molar-refractivity contribution in [2.75, 3.05) is 6.54 Å². The summed E-state index contributed by atoms with van der Waals surface area (Å²) in [6.45, 7) is 3.37. The molecule has 0 aliphatic rings. The Kier molecular flexibility index (Phi) is 3.67. The maximum atomic E-state index is 10.7. The summed E-state index contributed by atoms with van der Waals surface area (Å²) in [5.74, 6) is 0. The van der Waals surface area contributed by atoms with Crippen LogP contribution < -0.4 is 16.6 Å². The van der Waals surface area contributed by atoms with Crippen LogP contribution in [0, 0.1) is 0 Å². The molecule has 0 saturated heterocycles. The Morgan fingerprint density at radius 2 is 2.38 bits per heavy atom. The van der Waals surface area contributed by atoms with E-state index in [0.717, 1.165) is 12.1 Å². The van der Waals surface area contributed by atoms with Crippen LogP contribution in [-0.2, 0) is 6.54 Å². The number of rotatable bonds is 4. The smallest absolute Gasteiger partial charge is 0.247 e. The first-order valence-electron chi connectivity index (χ1n) is 4.33. The van der Waals surface area contributed by atoms with Crippen molar-refractivity contribution in [2.45, 2.75) is 19.5 Å². The summed E-state index contributed by atoms with van der Waals surface area (Å²) in [5, 5.41) is 3.22. The Bertz CT molecular complexity index is 287. The molecule has 4 nitrogen and oxygen atoms in total. The molecule has 13 heavy (non-hydrogen) atoms. The minimum Gasteiger partial charge on any atom is -0.329 e. The zero-order valence-corrected chi connectivity index (χ0v) is 7.71. The van der Waals surface area contributed by atoms with Gasteiger partial charge in [-0.2, -0.15) is 0 Å². The molecule has 1 aromatic rings. The molecule has 0 radical (unpaired) electrons. The van der Waals surface area contributed by atoms with E-state index in [0.29, 0.717) is 12.6 Å². The summed E-state index contributed by atoms with van der Waals surface area (Å²) < 4.78 is 0. The lowest BCUT2D eigenvalue weighted by molar-refractivity contribution is 0.555. The van der Waals surface area contributed by atoms with Crippen molar-refractivity contribution in [1.29, 1.82) is 0 Å². The van der Waals surface area contributed by atoms with Gasteiger partial charge >= 0.3 is 0 Å². The zero-order chi connectivity index (χ0) is 9.68. The molecule has 1 rings (SSSR count). The van der Waals surface area contributed by atoms with Crippen LogP contribution in [0.25, 0.3) is 0 Å². The summed E-state index contributed by atoms with van der Waals surface area (Å²) in [6, 6.07) is 3.62. The fourth-order valence-electron chi connectivity index (χ4n) is 0.928. The summed E-state index contributed by atoms with van der Waals surface area (Å²) in [4.78, 5) is 13.3. The molecule has 1 atom stereocenters. The van der Waals surface area contributed by atoms with E-state index < -0.39 is 0 Å². The van der Waals surface area contributed by atoms with Crippen molar-refractivity contribution in [1.82, 2.24) is 10.3 Å². The Morgan fingerprint density at radius 3 is 2.92 bits per heavy atom. The van der Waals surface area contributed by atoms with Crippen molar-refractivity contribution in [3.05, 3.63) is 34.2 Å². The van der Waals surface area contributed by atoms with E-state index in [1.807, 2.05) is 6.92 Å². The number of nitrogens with two attached hydrogens (primary N) is 1. The average Bonchev–Trinajstić information content (AvgIpc) is 2.16. The minimum atomic E-state index is -0.0735. The Hall–Kier alpha value is -1.13. The predicted octanol–water partition coefficient (Wildman–Crippen LogP) is -0.188. The standard InChI is InChI=1S/C9H15N3O/c1-7(4-10)11-5-8-2-3-9(13)12-6-8/h2-3,6-7,11H,4-5,10H2,1H3,(H,12,13)/t7-/m1/s1. The minimum absolute atomic E-state index is 0.0735. The van der Waals surface area contributed by atoms with Crippen molar-refractivity contribution < 1.29 is 0 Å². The van der Waals surface area contributed by atoms with Crippen LogP contribution in [0.5, 0.6) is 0 Å². The normalized spacial score (nSPS) is 12.8. The molecule has 0 fully saturated rings. The molecule has 0 aromatic carbocycles. The van der Waals surface area contributed by atoms with E-state index in [9.17, 15) is 4.79 Å². The Morgan fingerprint density at radius 1 is 1.62 bits per heavy atom. The third kappa shape index (κ3) is 3.40. The van der Waals surface area contributed by atoms with E-state index in [1.54, 1.807) is 12.3 Å². The predicted molar refractivity (Wildman–Crippen MR) is 52.4 cm³/mol. The lowest BCUT2D eigenvalue weighted by atomic mass is 10.2. The average molecular weight is 181 g/mol. The van der Waals surface area contributed by atoms with Gasteiger partial charge in [0.25, 0.3) is 0 Å². The molecule has 0 spiro atoms. The monoisotopic (exact) mass is 181 g/mol. The van der Waals surface area contributed by atoms with Gasteiger partial charge in [0.1, 0.15) is 0 Å². The number of H-pyrrole nitrogens is 1. The van der Waals surface area contributed by atoms with Crippen LogP contribution in [0.4, 0.5) is 0 Å². The molecule has 4 heteroatoms. The molecule has 0 aliphatic carbocycles. The molecule has 1 aromatic heterocycles. The number of hydrogen-bond acceptors (Lipinski definition) is 3. The van der Waals surface area contributed by atoms with E-state index in [2.05, 4.69) is 10.3 Å². The van der Waals surface area contributed by atoms with Crippen molar-refractivity contribution >= 4 is 0 Å². The molecule has 72 valence electrons. The van der Waals surface area contributed by atoms with Gasteiger partial charge in [-0.05, 0) is 12.5 Å². The molecule has 0 amide bonds. The lowest BCUT2D eigenvalue weighted by Gasteiger charge is -2.10.